The van der Waals surface area contributed by atoms with Crippen molar-refractivity contribution in [3.8, 4) is 0 Å². The fourth-order valence-electron chi connectivity index (χ4n) is 1.13. The molecule has 0 saturated heterocycles. The lowest BCUT2D eigenvalue weighted by Gasteiger charge is -2.19. The Morgan fingerprint density at radius 2 is 2.17 bits per heavy atom. The van der Waals surface area contributed by atoms with Crippen LogP contribution in [0.3, 0.4) is 0 Å². The maximum atomic E-state index is 12.3. The molecule has 1 heterocycles. The Morgan fingerprint density at radius 1 is 1.56 bits per heavy atom. The number of nitrogens with one attached hydrogen (secondary N) is 1. The molecule has 1 aromatic rings. The van der Waals surface area contributed by atoms with Crippen molar-refractivity contribution in [3.05, 3.63) is 5.82 Å². The van der Waals surface area contributed by atoms with E-state index in [1.54, 1.807) is 20.9 Å². The number of carbonyl (C=O) groups excluding carboxylic acids is 1. The molecular formula is C9H13F3N4OS. The second kappa shape index (κ2) is 5.51. The Hall–Kier alpha value is -1.38. The molecule has 0 fully saturated rings. The first kappa shape index (κ1) is 14.7. The van der Waals surface area contributed by atoms with Crippen LogP contribution in [0.15, 0.2) is 0 Å². The van der Waals surface area contributed by atoms with Crippen molar-refractivity contribution in [3.63, 3.8) is 0 Å². The molecule has 5 nitrogen and oxygen atoms in total. The van der Waals surface area contributed by atoms with E-state index in [0.717, 1.165) is 0 Å². The number of carbonyl (C=O) groups is 1. The maximum Gasteiger partial charge on any atom is 0.452 e. The molecule has 1 aromatic heterocycles. The highest BCUT2D eigenvalue weighted by atomic mass is 32.1. The Morgan fingerprint density at radius 3 is 2.61 bits per heavy atom. The molecule has 18 heavy (non-hydrogen) atoms. The summed E-state index contributed by atoms with van der Waals surface area (Å²) in [7, 11) is 1.61. The molecule has 1 rings (SSSR count). The zero-order chi connectivity index (χ0) is 13.9. The van der Waals surface area contributed by atoms with E-state index in [-0.39, 0.29) is 11.0 Å². The second-order valence-corrected chi connectivity index (χ2v) is 4.39. The molecule has 0 spiro atoms. The third-order valence-electron chi connectivity index (χ3n) is 2.24. The molecule has 1 atom stereocenters. The summed E-state index contributed by atoms with van der Waals surface area (Å²) in [5.74, 6) is -1.42. The largest absolute Gasteiger partial charge is 0.452 e. The number of rotatable bonds is 4. The summed E-state index contributed by atoms with van der Waals surface area (Å²) in [6.07, 6.45) is -4.57. The van der Waals surface area contributed by atoms with E-state index in [2.05, 4.69) is 14.7 Å². The molecule has 1 N–H and O–H groups in total. The van der Waals surface area contributed by atoms with Crippen molar-refractivity contribution in [1.82, 2.24) is 14.3 Å². The molecule has 0 aromatic carbocycles. The van der Waals surface area contributed by atoms with Gasteiger partial charge in [0.25, 0.3) is 0 Å². The first-order valence-electron chi connectivity index (χ1n) is 5.18. The van der Waals surface area contributed by atoms with Crippen LogP contribution in [0.4, 0.5) is 18.3 Å². The maximum absolute atomic E-state index is 12.3. The Labute approximate surface area is 106 Å². The van der Waals surface area contributed by atoms with Gasteiger partial charge in [0, 0.05) is 25.1 Å². The number of anilines is 1. The van der Waals surface area contributed by atoms with Gasteiger partial charge in [-0.05, 0) is 13.8 Å². The van der Waals surface area contributed by atoms with Crippen LogP contribution in [-0.2, 0) is 11.0 Å². The molecule has 102 valence electrons. The summed E-state index contributed by atoms with van der Waals surface area (Å²) in [5.41, 5.74) is 0. The van der Waals surface area contributed by atoms with Gasteiger partial charge in [0.1, 0.15) is 6.04 Å². The lowest BCUT2D eigenvalue weighted by Crippen LogP contribution is -2.38. The number of likely N-dealkylation sites (N-methyl/N-ethyl adjacent to an activating group) is 1. The smallest absolute Gasteiger partial charge is 0.349 e. The first-order chi connectivity index (χ1) is 8.25. The third-order valence-corrected chi connectivity index (χ3v) is 2.89. The number of nitrogens with zero attached hydrogens (tertiary/aromatic N) is 3. The minimum Gasteiger partial charge on any atom is -0.349 e. The molecule has 0 aliphatic carbocycles. The molecule has 0 saturated carbocycles. The van der Waals surface area contributed by atoms with Crippen LogP contribution in [0.5, 0.6) is 0 Å². The first-order valence-corrected chi connectivity index (χ1v) is 5.95. The van der Waals surface area contributed by atoms with E-state index >= 15 is 0 Å². The second-order valence-electron chi connectivity index (χ2n) is 3.64. The summed E-state index contributed by atoms with van der Waals surface area (Å²) < 4.78 is 40.0. The van der Waals surface area contributed by atoms with E-state index in [9.17, 15) is 18.0 Å². The van der Waals surface area contributed by atoms with Crippen LogP contribution in [0.2, 0.25) is 0 Å². The van der Waals surface area contributed by atoms with E-state index in [1.165, 1.54) is 4.90 Å². The fourth-order valence-corrected chi connectivity index (χ4v) is 1.80. The van der Waals surface area contributed by atoms with Crippen LogP contribution >= 0.6 is 11.5 Å². The summed E-state index contributed by atoms with van der Waals surface area (Å²) in [6.45, 7) is 3.88. The van der Waals surface area contributed by atoms with Crippen LogP contribution in [0.25, 0.3) is 0 Å². The lowest BCUT2D eigenvalue weighted by molar-refractivity contribution is -0.144. The summed E-state index contributed by atoms with van der Waals surface area (Å²) >= 11 is 0.579. The quantitative estimate of drug-likeness (QED) is 0.915. The number of hydrogen-bond donors (Lipinski definition) is 1. The van der Waals surface area contributed by atoms with Gasteiger partial charge in [-0.15, -0.1) is 0 Å². The van der Waals surface area contributed by atoms with Crippen LogP contribution in [-0.4, -0.2) is 39.8 Å². The average molecular weight is 282 g/mol. The van der Waals surface area contributed by atoms with Crippen LogP contribution < -0.4 is 5.32 Å². The van der Waals surface area contributed by atoms with Gasteiger partial charge < -0.3 is 10.2 Å². The van der Waals surface area contributed by atoms with Gasteiger partial charge in [-0.3, -0.25) is 4.79 Å². The highest BCUT2D eigenvalue weighted by molar-refractivity contribution is 7.09. The predicted molar refractivity (Wildman–Crippen MR) is 61.3 cm³/mol. The van der Waals surface area contributed by atoms with Crippen molar-refractivity contribution in [1.29, 1.82) is 0 Å². The number of alkyl halides is 3. The van der Waals surface area contributed by atoms with Gasteiger partial charge in [-0.2, -0.15) is 22.5 Å². The van der Waals surface area contributed by atoms with Crippen LogP contribution in [0, 0.1) is 0 Å². The highest BCUT2D eigenvalue weighted by Gasteiger charge is 2.36. The fraction of sp³-hybridized carbons (Fsp3) is 0.667. The number of amides is 1. The number of aromatic nitrogens is 2. The van der Waals surface area contributed by atoms with Crippen molar-refractivity contribution in [2.75, 3.05) is 18.9 Å². The van der Waals surface area contributed by atoms with Gasteiger partial charge in [0.2, 0.25) is 16.9 Å². The van der Waals surface area contributed by atoms with Crippen molar-refractivity contribution < 1.29 is 18.0 Å². The van der Waals surface area contributed by atoms with Crippen molar-refractivity contribution in [2.45, 2.75) is 26.1 Å². The molecular weight excluding hydrogens is 269 g/mol. The van der Waals surface area contributed by atoms with Gasteiger partial charge in [0.15, 0.2) is 0 Å². The molecule has 9 heteroatoms. The topological polar surface area (TPSA) is 58.1 Å². The van der Waals surface area contributed by atoms with E-state index < -0.39 is 18.0 Å². The van der Waals surface area contributed by atoms with Crippen LogP contribution in [0.1, 0.15) is 19.7 Å². The van der Waals surface area contributed by atoms with Gasteiger partial charge >= 0.3 is 6.18 Å². The van der Waals surface area contributed by atoms with Gasteiger partial charge in [0.05, 0.1) is 0 Å². The Balaban J connectivity index is 2.68. The normalized spacial score (nSPS) is 13.2. The minimum absolute atomic E-state index is 0.0207. The standard InChI is InChI=1S/C9H13F3N4OS/c1-4-16(3)6(17)5(2)13-8-14-7(15-18-8)9(10,11)12/h5H,4H2,1-3H3,(H,13,14,15). The molecule has 0 aliphatic heterocycles. The molecule has 0 aliphatic rings. The minimum atomic E-state index is -4.57. The van der Waals surface area contributed by atoms with Crippen molar-refractivity contribution in [2.24, 2.45) is 0 Å². The number of halogens is 3. The van der Waals surface area contributed by atoms with E-state index in [0.29, 0.717) is 18.1 Å². The van der Waals surface area contributed by atoms with E-state index in [1.807, 2.05) is 0 Å². The molecule has 0 bridgehead atoms. The summed E-state index contributed by atoms with van der Waals surface area (Å²) in [5, 5.41) is 2.58. The summed E-state index contributed by atoms with van der Waals surface area (Å²) in [4.78, 5) is 16.4. The zero-order valence-corrected chi connectivity index (χ0v) is 10.9. The Bertz CT molecular complexity index is 420. The molecule has 0 radical (unpaired) electrons. The monoisotopic (exact) mass is 282 g/mol. The lowest BCUT2D eigenvalue weighted by atomic mass is 10.3. The summed E-state index contributed by atoms with van der Waals surface area (Å²) in [6, 6.07) is -0.649. The van der Waals surface area contributed by atoms with Gasteiger partial charge in [-0.1, -0.05) is 0 Å². The SMILES string of the molecule is CCN(C)C(=O)C(C)Nc1nc(C(F)(F)F)ns1. The Kier molecular flexibility index (Phi) is 4.49. The molecule has 1 amide bonds. The van der Waals surface area contributed by atoms with Gasteiger partial charge in [-0.25, -0.2) is 0 Å². The predicted octanol–water partition coefficient (Wildman–Crippen LogP) is 1.84. The van der Waals surface area contributed by atoms with Crippen molar-refractivity contribution >= 4 is 22.6 Å². The number of hydrogen-bond acceptors (Lipinski definition) is 5. The molecule has 1 unspecified atom stereocenters. The average Bonchev–Trinajstić information content (AvgIpc) is 2.75. The highest BCUT2D eigenvalue weighted by Crippen LogP contribution is 2.29. The zero-order valence-electron chi connectivity index (χ0n) is 10.1. The van der Waals surface area contributed by atoms with E-state index in [4.69, 9.17) is 0 Å². The third kappa shape index (κ3) is 3.56.